The van der Waals surface area contributed by atoms with Crippen LogP contribution in [0.5, 0.6) is 0 Å². The molecule has 10 aromatic rings. The van der Waals surface area contributed by atoms with Crippen molar-refractivity contribution in [1.82, 2.24) is 0 Å². The Labute approximate surface area is 344 Å². The Bertz CT molecular complexity index is 3230. The van der Waals surface area contributed by atoms with Gasteiger partial charge in [-0.15, -0.1) is 0 Å². The van der Waals surface area contributed by atoms with Gasteiger partial charge in [0.15, 0.2) is 0 Å². The Kier molecular flexibility index (Phi) is 8.72. The SMILES string of the molecule is C=Cc1cc2c(cc1/C=C(\C)N(c1ccccc1C)c1ccccc1C)oc1cc3c(cc12)oc1cc2cc(N(c4ccccc4C)c4ccccc4C)ccc2cc13. The fourth-order valence-electron chi connectivity index (χ4n) is 8.76. The zero-order valence-electron chi connectivity index (χ0n) is 34.0. The minimum atomic E-state index is 0.824. The number of aryl methyl sites for hydroxylation is 4. The summed E-state index contributed by atoms with van der Waals surface area (Å²) in [6.45, 7) is 15.1. The van der Waals surface area contributed by atoms with Gasteiger partial charge in [-0.25, -0.2) is 0 Å². The minimum Gasteiger partial charge on any atom is -0.456 e. The number of para-hydroxylation sites is 4. The second kappa shape index (κ2) is 14.3. The number of rotatable bonds is 8. The van der Waals surface area contributed by atoms with Crippen LogP contribution in [0, 0.1) is 27.7 Å². The lowest BCUT2D eigenvalue weighted by atomic mass is 10.0. The second-order valence-electron chi connectivity index (χ2n) is 15.7. The fourth-order valence-corrected chi connectivity index (χ4v) is 8.76. The highest BCUT2D eigenvalue weighted by Crippen LogP contribution is 2.43. The first-order valence-electron chi connectivity index (χ1n) is 20.2. The van der Waals surface area contributed by atoms with Crippen molar-refractivity contribution in [2.45, 2.75) is 34.6 Å². The molecule has 0 spiro atoms. The van der Waals surface area contributed by atoms with E-state index in [0.717, 1.165) is 99.9 Å². The number of allylic oxidation sites excluding steroid dienone is 1. The lowest BCUT2D eigenvalue weighted by Gasteiger charge is -2.29. The van der Waals surface area contributed by atoms with E-state index in [1.807, 2.05) is 6.08 Å². The number of nitrogens with zero attached hydrogens (tertiary/aromatic N) is 2. The average Bonchev–Trinajstić information content (AvgIpc) is 3.77. The summed E-state index contributed by atoms with van der Waals surface area (Å²) in [6.07, 6.45) is 4.17. The van der Waals surface area contributed by atoms with Crippen molar-refractivity contribution in [1.29, 1.82) is 0 Å². The van der Waals surface area contributed by atoms with Crippen LogP contribution in [0.2, 0.25) is 0 Å². The molecule has 0 bridgehead atoms. The Morgan fingerprint density at radius 3 is 1.44 bits per heavy atom. The Morgan fingerprint density at radius 1 is 0.458 bits per heavy atom. The monoisotopic (exact) mass is 764 g/mol. The van der Waals surface area contributed by atoms with Gasteiger partial charge in [-0.3, -0.25) is 0 Å². The van der Waals surface area contributed by atoms with E-state index in [2.05, 4.69) is 209 Å². The van der Waals surface area contributed by atoms with Crippen molar-refractivity contribution in [2.24, 2.45) is 0 Å². The number of hydrogen-bond acceptors (Lipinski definition) is 4. The van der Waals surface area contributed by atoms with Crippen LogP contribution in [0.25, 0.3) is 66.8 Å². The van der Waals surface area contributed by atoms with Crippen LogP contribution in [0.15, 0.2) is 173 Å². The van der Waals surface area contributed by atoms with E-state index in [1.165, 1.54) is 22.3 Å². The summed E-state index contributed by atoms with van der Waals surface area (Å²) in [7, 11) is 0. The zero-order chi connectivity index (χ0) is 40.4. The number of furan rings is 2. The molecule has 4 nitrogen and oxygen atoms in total. The van der Waals surface area contributed by atoms with E-state index in [0.29, 0.717) is 0 Å². The molecule has 0 radical (unpaired) electrons. The number of hydrogen-bond donors (Lipinski definition) is 0. The van der Waals surface area contributed by atoms with E-state index in [-0.39, 0.29) is 0 Å². The molecular formula is C55H44N2O2. The van der Waals surface area contributed by atoms with E-state index in [9.17, 15) is 0 Å². The predicted molar refractivity (Wildman–Crippen MR) is 251 cm³/mol. The summed E-state index contributed by atoms with van der Waals surface area (Å²) < 4.78 is 13.3. The Morgan fingerprint density at radius 2 is 0.915 bits per heavy atom. The smallest absolute Gasteiger partial charge is 0.136 e. The first-order chi connectivity index (χ1) is 28.7. The van der Waals surface area contributed by atoms with Crippen molar-refractivity contribution in [3.05, 3.63) is 197 Å². The van der Waals surface area contributed by atoms with Gasteiger partial charge in [0.05, 0.1) is 0 Å². The zero-order valence-corrected chi connectivity index (χ0v) is 34.0. The van der Waals surface area contributed by atoms with Gasteiger partial charge in [-0.2, -0.15) is 0 Å². The van der Waals surface area contributed by atoms with Gasteiger partial charge in [0.25, 0.3) is 0 Å². The van der Waals surface area contributed by atoms with Crippen LogP contribution in [0.1, 0.15) is 40.3 Å². The van der Waals surface area contributed by atoms with Crippen molar-refractivity contribution in [2.75, 3.05) is 9.80 Å². The largest absolute Gasteiger partial charge is 0.456 e. The van der Waals surface area contributed by atoms with E-state index in [4.69, 9.17) is 8.83 Å². The summed E-state index contributed by atoms with van der Waals surface area (Å²) in [6, 6.07) is 53.9. The van der Waals surface area contributed by atoms with Gasteiger partial charge in [0.2, 0.25) is 0 Å². The normalized spacial score (nSPS) is 12.0. The standard InChI is InChI=1S/C55H44N2O2/c1-7-39-28-44-46-32-55-47(33-54(46)58-52(44)30-41(39)26-38(6)56(48-20-12-8-16-34(48)2)49-21-13-9-17-35(49)3)45-29-40-24-25-43(27-42(40)31-53(45)59-55)57(50-22-14-10-18-36(50)4)51-23-15-11-19-37(51)5/h7-33H,1H2,2-6H3/b38-26+. The third-order valence-corrected chi connectivity index (χ3v) is 11.8. The quantitative estimate of drug-likeness (QED) is 0.154. The molecule has 59 heavy (non-hydrogen) atoms. The highest BCUT2D eigenvalue weighted by molar-refractivity contribution is 6.17. The fraction of sp³-hybridized carbons (Fsp3) is 0.0909. The summed E-state index contributed by atoms with van der Waals surface area (Å²) >= 11 is 0. The first kappa shape index (κ1) is 36.1. The second-order valence-corrected chi connectivity index (χ2v) is 15.7. The summed E-state index contributed by atoms with van der Waals surface area (Å²) in [5, 5.41) is 6.41. The van der Waals surface area contributed by atoms with E-state index >= 15 is 0 Å². The molecule has 0 aliphatic rings. The summed E-state index contributed by atoms with van der Waals surface area (Å²) in [5.74, 6) is 0. The summed E-state index contributed by atoms with van der Waals surface area (Å²) in [5.41, 5.74) is 17.0. The van der Waals surface area contributed by atoms with Gasteiger partial charge in [-0.05, 0) is 158 Å². The minimum absolute atomic E-state index is 0.824. The van der Waals surface area contributed by atoms with Crippen LogP contribution in [0.3, 0.4) is 0 Å². The Hall–Kier alpha value is -7.30. The van der Waals surface area contributed by atoms with E-state index < -0.39 is 0 Å². The average molecular weight is 765 g/mol. The van der Waals surface area contributed by atoms with Crippen LogP contribution >= 0.6 is 0 Å². The van der Waals surface area contributed by atoms with Crippen molar-refractivity contribution in [3.8, 4) is 0 Å². The lowest BCUT2D eigenvalue weighted by molar-refractivity contribution is 0.664. The molecule has 2 heterocycles. The number of fused-ring (bicyclic) bond motifs is 7. The van der Waals surface area contributed by atoms with Crippen molar-refractivity contribution < 1.29 is 8.83 Å². The van der Waals surface area contributed by atoms with Gasteiger partial charge in [0.1, 0.15) is 22.3 Å². The predicted octanol–water partition coefficient (Wildman–Crippen LogP) is 16.2. The van der Waals surface area contributed by atoms with Gasteiger partial charge < -0.3 is 18.6 Å². The molecule has 2 aromatic heterocycles. The van der Waals surface area contributed by atoms with Gasteiger partial charge in [-0.1, -0.05) is 91.5 Å². The van der Waals surface area contributed by atoms with Crippen molar-refractivity contribution >= 4 is 95.2 Å². The van der Waals surface area contributed by atoms with Crippen molar-refractivity contribution in [3.63, 3.8) is 0 Å². The van der Waals surface area contributed by atoms with Crippen LogP contribution in [-0.4, -0.2) is 0 Å². The molecule has 0 saturated carbocycles. The highest BCUT2D eigenvalue weighted by atomic mass is 16.3. The topological polar surface area (TPSA) is 32.8 Å². The molecular weight excluding hydrogens is 721 g/mol. The Balaban J connectivity index is 1.07. The van der Waals surface area contributed by atoms with Crippen LogP contribution < -0.4 is 9.80 Å². The number of anilines is 5. The first-order valence-corrected chi connectivity index (χ1v) is 20.2. The molecule has 0 N–H and O–H groups in total. The molecule has 0 aliphatic carbocycles. The number of benzene rings is 8. The highest BCUT2D eigenvalue weighted by Gasteiger charge is 2.20. The molecule has 0 fully saturated rings. The van der Waals surface area contributed by atoms with Crippen LogP contribution in [0.4, 0.5) is 28.4 Å². The van der Waals surface area contributed by atoms with Gasteiger partial charge >= 0.3 is 0 Å². The molecule has 10 rings (SSSR count). The maximum atomic E-state index is 6.68. The summed E-state index contributed by atoms with van der Waals surface area (Å²) in [4.78, 5) is 4.70. The molecule has 0 atom stereocenters. The van der Waals surface area contributed by atoms with Crippen LogP contribution in [-0.2, 0) is 0 Å². The molecule has 286 valence electrons. The maximum absolute atomic E-state index is 6.68. The maximum Gasteiger partial charge on any atom is 0.136 e. The molecule has 0 unspecified atom stereocenters. The third-order valence-electron chi connectivity index (χ3n) is 11.8. The molecule has 0 amide bonds. The molecule has 0 aliphatic heterocycles. The van der Waals surface area contributed by atoms with E-state index in [1.54, 1.807) is 0 Å². The van der Waals surface area contributed by atoms with Gasteiger partial charge in [0, 0.05) is 55.7 Å². The third kappa shape index (κ3) is 6.16. The molecule has 0 saturated heterocycles. The molecule has 4 heteroatoms. The lowest BCUT2D eigenvalue weighted by Crippen LogP contribution is -2.16. The molecule has 8 aromatic carbocycles.